The summed E-state index contributed by atoms with van der Waals surface area (Å²) < 4.78 is 0. The zero-order valence-corrected chi connectivity index (χ0v) is 8.81. The molecule has 72 valence electrons. The van der Waals surface area contributed by atoms with Gasteiger partial charge in [-0.25, -0.2) is 4.98 Å². The van der Waals surface area contributed by atoms with E-state index in [0.717, 1.165) is 12.0 Å². The van der Waals surface area contributed by atoms with Gasteiger partial charge in [-0.15, -0.1) is 0 Å². The molecule has 2 nitrogen and oxygen atoms in total. The number of rotatable bonds is 3. The van der Waals surface area contributed by atoms with Crippen molar-refractivity contribution in [2.75, 3.05) is 0 Å². The molecule has 0 saturated heterocycles. The Bertz CT molecular complexity index is 289. The van der Waals surface area contributed by atoms with Crippen molar-refractivity contribution in [2.45, 2.75) is 25.9 Å². The first-order valence-corrected chi connectivity index (χ1v) is 4.83. The summed E-state index contributed by atoms with van der Waals surface area (Å²) in [5.74, 6) is 0. The summed E-state index contributed by atoms with van der Waals surface area (Å²) in [6.07, 6.45) is 2.74. The fourth-order valence-electron chi connectivity index (χ4n) is 0.984. The van der Waals surface area contributed by atoms with Crippen LogP contribution in [0.3, 0.4) is 0 Å². The zero-order chi connectivity index (χ0) is 9.84. The lowest BCUT2D eigenvalue weighted by molar-refractivity contribution is 0.185. The summed E-state index contributed by atoms with van der Waals surface area (Å²) in [7, 11) is 0. The van der Waals surface area contributed by atoms with E-state index in [1.54, 1.807) is 19.2 Å². The molecule has 1 aromatic heterocycles. The molecule has 0 aliphatic rings. The lowest BCUT2D eigenvalue weighted by Gasteiger charge is -2.05. The quantitative estimate of drug-likeness (QED) is 0.794. The second-order valence-electron chi connectivity index (χ2n) is 2.99. The largest absolute Gasteiger partial charge is 0.393 e. The Morgan fingerprint density at radius 3 is 2.77 bits per heavy atom. The maximum atomic E-state index is 9.07. The van der Waals surface area contributed by atoms with E-state index in [4.69, 9.17) is 28.3 Å². The van der Waals surface area contributed by atoms with Crippen LogP contribution in [0.2, 0.25) is 10.2 Å². The van der Waals surface area contributed by atoms with Crippen LogP contribution in [0.5, 0.6) is 0 Å². The maximum absolute atomic E-state index is 9.07. The van der Waals surface area contributed by atoms with Crippen LogP contribution >= 0.6 is 23.2 Å². The molecule has 0 aliphatic heterocycles. The molecule has 0 fully saturated rings. The van der Waals surface area contributed by atoms with Crippen molar-refractivity contribution in [1.82, 2.24) is 4.98 Å². The number of nitrogens with zero attached hydrogens (tertiary/aromatic N) is 1. The van der Waals surface area contributed by atoms with Crippen LogP contribution in [0.15, 0.2) is 12.3 Å². The van der Waals surface area contributed by atoms with Gasteiger partial charge >= 0.3 is 0 Å². The van der Waals surface area contributed by atoms with Gasteiger partial charge in [-0.05, 0) is 31.4 Å². The first-order chi connectivity index (χ1) is 6.09. The molecule has 4 heteroatoms. The number of pyridine rings is 1. The van der Waals surface area contributed by atoms with Crippen molar-refractivity contribution in [3.8, 4) is 0 Å². The van der Waals surface area contributed by atoms with Gasteiger partial charge in [-0.2, -0.15) is 0 Å². The van der Waals surface area contributed by atoms with Crippen LogP contribution in [0.1, 0.15) is 18.9 Å². The Labute approximate surface area is 87.5 Å². The lowest BCUT2D eigenvalue weighted by atomic mass is 10.1. The second-order valence-corrected chi connectivity index (χ2v) is 3.78. The van der Waals surface area contributed by atoms with Crippen molar-refractivity contribution in [1.29, 1.82) is 0 Å². The van der Waals surface area contributed by atoms with Crippen molar-refractivity contribution < 1.29 is 5.11 Å². The lowest BCUT2D eigenvalue weighted by Crippen LogP contribution is -2.02. The predicted molar refractivity (Wildman–Crippen MR) is 54.3 cm³/mol. The molecule has 1 aromatic rings. The summed E-state index contributed by atoms with van der Waals surface area (Å²) in [5.41, 5.74) is 0.923. The van der Waals surface area contributed by atoms with Crippen molar-refractivity contribution in [3.63, 3.8) is 0 Å². The molecule has 1 rings (SSSR count). The Balaban J connectivity index is 2.67. The third-order valence-corrected chi connectivity index (χ3v) is 2.29. The van der Waals surface area contributed by atoms with Gasteiger partial charge in [0.05, 0.1) is 6.10 Å². The highest BCUT2D eigenvalue weighted by Crippen LogP contribution is 2.20. The molecule has 1 atom stereocenters. The monoisotopic (exact) mass is 219 g/mol. The van der Waals surface area contributed by atoms with E-state index in [9.17, 15) is 0 Å². The highest BCUT2D eigenvalue weighted by molar-refractivity contribution is 6.34. The first kappa shape index (κ1) is 10.8. The molecule has 1 unspecified atom stereocenters. The van der Waals surface area contributed by atoms with E-state index in [2.05, 4.69) is 4.98 Å². The van der Waals surface area contributed by atoms with Gasteiger partial charge < -0.3 is 5.11 Å². The van der Waals surface area contributed by atoms with Gasteiger partial charge in [0.2, 0.25) is 0 Å². The molecule has 0 radical (unpaired) electrons. The number of aliphatic hydroxyl groups excluding tert-OH is 1. The molecule has 1 N–H and O–H groups in total. The predicted octanol–water partition coefficient (Wildman–Crippen LogP) is 2.70. The Morgan fingerprint density at radius 1 is 1.54 bits per heavy atom. The molecule has 1 heterocycles. The van der Waals surface area contributed by atoms with Crippen LogP contribution in [-0.2, 0) is 6.42 Å². The third-order valence-electron chi connectivity index (χ3n) is 1.73. The number of aryl methyl sites for hydroxylation is 1. The van der Waals surface area contributed by atoms with Gasteiger partial charge in [0.1, 0.15) is 5.15 Å². The van der Waals surface area contributed by atoms with Crippen LogP contribution in [0, 0.1) is 0 Å². The standard InChI is InChI=1S/C9H11Cl2NO/c1-6(13)2-3-7-5-12-9(11)4-8(7)10/h4-6,13H,2-3H2,1H3. The van der Waals surface area contributed by atoms with Gasteiger partial charge in [0.15, 0.2) is 0 Å². The number of aromatic nitrogens is 1. The van der Waals surface area contributed by atoms with Crippen molar-refractivity contribution >= 4 is 23.2 Å². The third kappa shape index (κ3) is 3.51. The number of hydrogen-bond acceptors (Lipinski definition) is 2. The minimum Gasteiger partial charge on any atom is -0.393 e. The van der Waals surface area contributed by atoms with Crippen molar-refractivity contribution in [2.24, 2.45) is 0 Å². The molecular formula is C9H11Cl2NO. The highest BCUT2D eigenvalue weighted by atomic mass is 35.5. The molecule has 0 aliphatic carbocycles. The Hall–Kier alpha value is -0.310. The van der Waals surface area contributed by atoms with Crippen LogP contribution in [-0.4, -0.2) is 16.2 Å². The van der Waals surface area contributed by atoms with E-state index in [1.165, 1.54) is 0 Å². The zero-order valence-electron chi connectivity index (χ0n) is 7.30. The van der Waals surface area contributed by atoms with E-state index in [-0.39, 0.29) is 6.10 Å². The van der Waals surface area contributed by atoms with E-state index in [0.29, 0.717) is 16.6 Å². The van der Waals surface area contributed by atoms with E-state index >= 15 is 0 Å². The second kappa shape index (κ2) is 4.80. The van der Waals surface area contributed by atoms with E-state index < -0.39 is 0 Å². The minimum atomic E-state index is -0.313. The summed E-state index contributed by atoms with van der Waals surface area (Å²) in [6, 6.07) is 1.61. The molecule has 0 amide bonds. The summed E-state index contributed by atoms with van der Waals surface area (Å²) in [6.45, 7) is 1.75. The molecule has 0 bridgehead atoms. The Kier molecular flexibility index (Phi) is 3.97. The molecule has 0 spiro atoms. The SMILES string of the molecule is CC(O)CCc1cnc(Cl)cc1Cl. The summed E-state index contributed by atoms with van der Waals surface area (Å²) >= 11 is 11.5. The van der Waals surface area contributed by atoms with Crippen LogP contribution in [0.25, 0.3) is 0 Å². The van der Waals surface area contributed by atoms with Gasteiger partial charge in [-0.1, -0.05) is 23.2 Å². The number of aliphatic hydroxyl groups is 1. The molecule has 0 aromatic carbocycles. The fraction of sp³-hybridized carbons (Fsp3) is 0.444. The smallest absolute Gasteiger partial charge is 0.130 e. The normalized spacial score (nSPS) is 12.9. The molecule has 13 heavy (non-hydrogen) atoms. The van der Waals surface area contributed by atoms with E-state index in [1.807, 2.05) is 0 Å². The first-order valence-electron chi connectivity index (χ1n) is 4.07. The number of hydrogen-bond donors (Lipinski definition) is 1. The van der Waals surface area contributed by atoms with Crippen LogP contribution in [0.4, 0.5) is 0 Å². The molecule has 0 saturated carbocycles. The average molecular weight is 220 g/mol. The average Bonchev–Trinajstić information content (AvgIpc) is 2.02. The number of halogens is 2. The van der Waals surface area contributed by atoms with Crippen molar-refractivity contribution in [3.05, 3.63) is 28.0 Å². The van der Waals surface area contributed by atoms with Gasteiger partial charge in [0, 0.05) is 11.2 Å². The molecular weight excluding hydrogens is 209 g/mol. The Morgan fingerprint density at radius 2 is 2.23 bits per heavy atom. The van der Waals surface area contributed by atoms with Crippen LogP contribution < -0.4 is 0 Å². The highest BCUT2D eigenvalue weighted by Gasteiger charge is 2.03. The fourth-order valence-corrected chi connectivity index (χ4v) is 1.44. The maximum Gasteiger partial charge on any atom is 0.130 e. The minimum absolute atomic E-state index is 0.313. The van der Waals surface area contributed by atoms with Gasteiger partial charge in [0.25, 0.3) is 0 Å². The summed E-state index contributed by atoms with van der Waals surface area (Å²) in [5, 5.41) is 10.1. The van der Waals surface area contributed by atoms with Gasteiger partial charge in [-0.3, -0.25) is 0 Å². The summed E-state index contributed by atoms with van der Waals surface area (Å²) in [4.78, 5) is 3.92. The topological polar surface area (TPSA) is 33.1 Å².